The molecule has 1 atom stereocenters. The second-order valence-corrected chi connectivity index (χ2v) is 5.87. The van der Waals surface area contributed by atoms with E-state index in [4.69, 9.17) is 0 Å². The standard InChI is InChI=1S/C14H24N4O.ClH/c1-4-14(2,3)16-13(19)12-7-9-18(17-12)11-6-5-8-15-10-11;/h7,9,11,15H,4-6,8,10H2,1-3H3,(H,16,19);1H. The van der Waals surface area contributed by atoms with Gasteiger partial charge in [-0.05, 0) is 45.7 Å². The minimum absolute atomic E-state index is 0. The fraction of sp³-hybridized carbons (Fsp3) is 0.714. The number of carbonyl (C=O) groups is 1. The molecule has 20 heavy (non-hydrogen) atoms. The Bertz CT molecular complexity index is 438. The van der Waals surface area contributed by atoms with Crippen LogP contribution in [0, 0.1) is 0 Å². The SMILES string of the molecule is CCC(C)(C)NC(=O)c1ccn(C2CCCNC2)n1.Cl. The van der Waals surface area contributed by atoms with Crippen LogP contribution in [0.3, 0.4) is 0 Å². The summed E-state index contributed by atoms with van der Waals surface area (Å²) in [4.78, 5) is 12.1. The number of hydrogen-bond donors (Lipinski definition) is 2. The highest BCUT2D eigenvalue weighted by Crippen LogP contribution is 2.16. The van der Waals surface area contributed by atoms with Gasteiger partial charge in [-0.3, -0.25) is 9.48 Å². The minimum Gasteiger partial charge on any atom is -0.346 e. The minimum atomic E-state index is -0.187. The van der Waals surface area contributed by atoms with Gasteiger partial charge < -0.3 is 10.6 Å². The van der Waals surface area contributed by atoms with Gasteiger partial charge in [0.25, 0.3) is 5.91 Å². The highest BCUT2D eigenvalue weighted by atomic mass is 35.5. The summed E-state index contributed by atoms with van der Waals surface area (Å²) in [5.74, 6) is -0.0885. The summed E-state index contributed by atoms with van der Waals surface area (Å²) in [7, 11) is 0. The molecule has 1 unspecified atom stereocenters. The first-order valence-electron chi connectivity index (χ1n) is 7.10. The lowest BCUT2D eigenvalue weighted by molar-refractivity contribution is 0.0904. The molecule has 6 heteroatoms. The number of nitrogens with one attached hydrogen (secondary N) is 2. The average molecular weight is 301 g/mol. The second-order valence-electron chi connectivity index (χ2n) is 5.87. The van der Waals surface area contributed by atoms with Gasteiger partial charge in [-0.2, -0.15) is 5.10 Å². The quantitative estimate of drug-likeness (QED) is 0.896. The maximum atomic E-state index is 12.1. The molecule has 2 rings (SSSR count). The molecule has 0 aromatic carbocycles. The van der Waals surface area contributed by atoms with Crippen molar-refractivity contribution in [2.75, 3.05) is 13.1 Å². The van der Waals surface area contributed by atoms with E-state index in [1.54, 1.807) is 6.07 Å². The first-order valence-corrected chi connectivity index (χ1v) is 7.10. The lowest BCUT2D eigenvalue weighted by atomic mass is 10.0. The zero-order chi connectivity index (χ0) is 13.9. The number of carbonyl (C=O) groups excluding carboxylic acids is 1. The van der Waals surface area contributed by atoms with Crippen molar-refractivity contribution in [3.63, 3.8) is 0 Å². The molecule has 5 nitrogen and oxygen atoms in total. The van der Waals surface area contributed by atoms with Crippen LogP contribution in [0.15, 0.2) is 12.3 Å². The first kappa shape index (κ1) is 17.0. The predicted octanol–water partition coefficient (Wildman–Crippen LogP) is 2.15. The zero-order valence-corrected chi connectivity index (χ0v) is 13.3. The van der Waals surface area contributed by atoms with Crippen molar-refractivity contribution in [3.05, 3.63) is 18.0 Å². The van der Waals surface area contributed by atoms with Gasteiger partial charge in [0.1, 0.15) is 5.69 Å². The summed E-state index contributed by atoms with van der Waals surface area (Å²) in [6, 6.07) is 2.17. The largest absolute Gasteiger partial charge is 0.346 e. The average Bonchev–Trinajstić information content (AvgIpc) is 2.89. The van der Waals surface area contributed by atoms with E-state index in [0.29, 0.717) is 11.7 Å². The van der Waals surface area contributed by atoms with E-state index < -0.39 is 0 Å². The van der Waals surface area contributed by atoms with Crippen LogP contribution in [-0.4, -0.2) is 34.3 Å². The van der Waals surface area contributed by atoms with Crippen LogP contribution in [-0.2, 0) is 0 Å². The van der Waals surface area contributed by atoms with Crippen molar-refractivity contribution in [1.82, 2.24) is 20.4 Å². The van der Waals surface area contributed by atoms with Gasteiger partial charge in [0, 0.05) is 18.3 Å². The molecular weight excluding hydrogens is 276 g/mol. The van der Waals surface area contributed by atoms with E-state index in [9.17, 15) is 4.79 Å². The summed E-state index contributed by atoms with van der Waals surface area (Å²) < 4.78 is 1.92. The van der Waals surface area contributed by atoms with E-state index in [1.165, 1.54) is 0 Å². The Morgan fingerprint density at radius 3 is 2.95 bits per heavy atom. The monoisotopic (exact) mass is 300 g/mol. The number of amides is 1. The van der Waals surface area contributed by atoms with Crippen LogP contribution in [0.25, 0.3) is 0 Å². The van der Waals surface area contributed by atoms with Crippen molar-refractivity contribution in [2.24, 2.45) is 0 Å². The first-order chi connectivity index (χ1) is 9.02. The number of hydrogen-bond acceptors (Lipinski definition) is 3. The third kappa shape index (κ3) is 4.21. The van der Waals surface area contributed by atoms with Gasteiger partial charge in [0.2, 0.25) is 0 Å². The summed E-state index contributed by atoms with van der Waals surface area (Å²) in [6.45, 7) is 8.12. The molecule has 114 valence electrons. The Balaban J connectivity index is 0.00000200. The van der Waals surface area contributed by atoms with Gasteiger partial charge in [-0.25, -0.2) is 0 Å². The summed E-state index contributed by atoms with van der Waals surface area (Å²) in [6.07, 6.45) is 5.09. The summed E-state index contributed by atoms with van der Waals surface area (Å²) in [5.41, 5.74) is 0.319. The number of halogens is 1. The Morgan fingerprint density at radius 2 is 2.35 bits per heavy atom. The van der Waals surface area contributed by atoms with Crippen molar-refractivity contribution in [3.8, 4) is 0 Å². The smallest absolute Gasteiger partial charge is 0.272 e. The number of nitrogens with zero attached hydrogens (tertiary/aromatic N) is 2. The molecule has 1 aliphatic heterocycles. The zero-order valence-electron chi connectivity index (χ0n) is 12.5. The summed E-state index contributed by atoms with van der Waals surface area (Å²) >= 11 is 0. The van der Waals surface area contributed by atoms with Crippen LogP contribution in [0.4, 0.5) is 0 Å². The maximum absolute atomic E-state index is 12.1. The molecule has 0 radical (unpaired) electrons. The van der Waals surface area contributed by atoms with E-state index >= 15 is 0 Å². The Kier molecular flexibility index (Phi) is 6.02. The van der Waals surface area contributed by atoms with Crippen LogP contribution in [0.1, 0.15) is 56.6 Å². The number of rotatable bonds is 4. The van der Waals surface area contributed by atoms with Gasteiger partial charge in [0.05, 0.1) is 6.04 Å². The fourth-order valence-electron chi connectivity index (χ4n) is 2.18. The van der Waals surface area contributed by atoms with Crippen molar-refractivity contribution >= 4 is 18.3 Å². The lowest BCUT2D eigenvalue weighted by Crippen LogP contribution is -2.43. The van der Waals surface area contributed by atoms with Crippen LogP contribution in [0.5, 0.6) is 0 Å². The normalized spacial score (nSPS) is 19.2. The topological polar surface area (TPSA) is 59.0 Å². The molecule has 0 bridgehead atoms. The Morgan fingerprint density at radius 1 is 1.60 bits per heavy atom. The van der Waals surface area contributed by atoms with Gasteiger partial charge in [0.15, 0.2) is 0 Å². The third-order valence-electron chi connectivity index (χ3n) is 3.82. The van der Waals surface area contributed by atoms with Crippen LogP contribution < -0.4 is 10.6 Å². The summed E-state index contributed by atoms with van der Waals surface area (Å²) in [5, 5.41) is 10.8. The van der Waals surface area contributed by atoms with Crippen LogP contribution >= 0.6 is 12.4 Å². The molecule has 2 heterocycles. The number of piperidine rings is 1. The van der Waals surface area contributed by atoms with Gasteiger partial charge in [-0.1, -0.05) is 6.92 Å². The highest BCUT2D eigenvalue weighted by molar-refractivity contribution is 5.92. The van der Waals surface area contributed by atoms with Crippen molar-refractivity contribution < 1.29 is 4.79 Å². The van der Waals surface area contributed by atoms with Crippen LogP contribution in [0.2, 0.25) is 0 Å². The molecular formula is C14H25ClN4O. The predicted molar refractivity (Wildman–Crippen MR) is 82.5 cm³/mol. The molecule has 1 aliphatic rings. The molecule has 1 aromatic rings. The van der Waals surface area contributed by atoms with Crippen molar-refractivity contribution in [2.45, 2.75) is 51.6 Å². The molecule has 0 saturated carbocycles. The lowest BCUT2D eigenvalue weighted by Gasteiger charge is -2.24. The van der Waals surface area contributed by atoms with E-state index in [2.05, 4.69) is 22.7 Å². The van der Waals surface area contributed by atoms with Gasteiger partial charge >= 0.3 is 0 Å². The maximum Gasteiger partial charge on any atom is 0.272 e. The molecule has 2 N–H and O–H groups in total. The van der Waals surface area contributed by atoms with E-state index in [1.807, 2.05) is 24.7 Å². The fourth-order valence-corrected chi connectivity index (χ4v) is 2.18. The van der Waals surface area contributed by atoms with Gasteiger partial charge in [-0.15, -0.1) is 12.4 Å². The number of aromatic nitrogens is 2. The molecule has 0 spiro atoms. The van der Waals surface area contributed by atoms with E-state index in [0.717, 1.165) is 32.4 Å². The third-order valence-corrected chi connectivity index (χ3v) is 3.82. The highest BCUT2D eigenvalue weighted by Gasteiger charge is 2.22. The molecule has 1 saturated heterocycles. The molecule has 1 fully saturated rings. The molecule has 1 aromatic heterocycles. The Labute approximate surface area is 126 Å². The molecule has 1 amide bonds. The Hall–Kier alpha value is -1.07. The van der Waals surface area contributed by atoms with E-state index in [-0.39, 0.29) is 23.9 Å². The second kappa shape index (κ2) is 7.09. The molecule has 0 aliphatic carbocycles. The van der Waals surface area contributed by atoms with Crippen molar-refractivity contribution in [1.29, 1.82) is 0 Å².